The average Bonchev–Trinajstić information content (AvgIpc) is 3.11. The number of aliphatic hydroxyl groups is 1. The van der Waals surface area contributed by atoms with Gasteiger partial charge in [0.15, 0.2) is 11.5 Å². The number of methoxy groups -OCH3 is 2. The summed E-state index contributed by atoms with van der Waals surface area (Å²) in [4.78, 5) is 27.5. The highest BCUT2D eigenvalue weighted by Gasteiger charge is 2.46. The Bertz CT molecular complexity index is 1050. The Labute approximate surface area is 199 Å². The van der Waals surface area contributed by atoms with Crippen LogP contribution in [0.5, 0.6) is 17.2 Å². The second-order valence-electron chi connectivity index (χ2n) is 7.70. The minimum atomic E-state index is -0.809. The van der Waals surface area contributed by atoms with Gasteiger partial charge in [0.2, 0.25) is 0 Å². The highest BCUT2D eigenvalue weighted by atomic mass is 16.5. The number of hydrogen-bond donors (Lipinski definition) is 1. The Morgan fingerprint density at radius 3 is 2.32 bits per heavy atom. The summed E-state index contributed by atoms with van der Waals surface area (Å²) >= 11 is 0. The van der Waals surface area contributed by atoms with E-state index in [0.29, 0.717) is 41.6 Å². The summed E-state index contributed by atoms with van der Waals surface area (Å²) in [5.41, 5.74) is 1.04. The number of amides is 1. The van der Waals surface area contributed by atoms with Gasteiger partial charge in [-0.1, -0.05) is 13.0 Å². The third kappa shape index (κ3) is 5.17. The maximum absolute atomic E-state index is 13.1. The summed E-state index contributed by atoms with van der Waals surface area (Å²) in [5.74, 6) is -0.000365. The van der Waals surface area contributed by atoms with E-state index in [1.54, 1.807) is 49.6 Å². The molecule has 34 heavy (non-hydrogen) atoms. The molecule has 1 fully saturated rings. The van der Waals surface area contributed by atoms with Gasteiger partial charge in [-0.15, -0.1) is 0 Å². The lowest BCUT2D eigenvalue weighted by Crippen LogP contribution is -2.32. The second-order valence-corrected chi connectivity index (χ2v) is 7.70. The van der Waals surface area contributed by atoms with Gasteiger partial charge in [0.1, 0.15) is 11.5 Å². The lowest BCUT2D eigenvalue weighted by molar-refractivity contribution is -0.140. The Kier molecular flexibility index (Phi) is 8.54. The summed E-state index contributed by atoms with van der Waals surface area (Å²) in [6.07, 6.45) is 0.840. The van der Waals surface area contributed by atoms with Crippen LogP contribution in [0.2, 0.25) is 0 Å². The Morgan fingerprint density at radius 2 is 1.71 bits per heavy atom. The maximum atomic E-state index is 13.1. The first-order chi connectivity index (χ1) is 16.5. The number of hydrogen-bond acceptors (Lipinski definition) is 7. The summed E-state index contributed by atoms with van der Waals surface area (Å²) < 4.78 is 21.9. The van der Waals surface area contributed by atoms with Crippen molar-refractivity contribution in [3.8, 4) is 17.2 Å². The molecule has 1 heterocycles. The number of Topliss-reactive ketones (excluding diaryl/α,β-unsaturated/α-hetero) is 1. The van der Waals surface area contributed by atoms with E-state index in [4.69, 9.17) is 18.9 Å². The molecule has 1 saturated heterocycles. The van der Waals surface area contributed by atoms with Gasteiger partial charge >= 0.3 is 0 Å². The topological polar surface area (TPSA) is 94.5 Å². The van der Waals surface area contributed by atoms with Crippen LogP contribution in [0.25, 0.3) is 5.76 Å². The number of likely N-dealkylation sites (tertiary alicyclic amines) is 1. The van der Waals surface area contributed by atoms with E-state index in [1.165, 1.54) is 12.0 Å². The molecular weight excluding hydrogens is 438 g/mol. The lowest BCUT2D eigenvalue weighted by Gasteiger charge is -2.26. The largest absolute Gasteiger partial charge is 0.507 e. The SMILES string of the molecule is CCCOc1ccc(C2C(=C(O)c3ccc(OC)cc3)C(=O)C(=O)N2CCOC)cc1OCC. The highest BCUT2D eigenvalue weighted by Crippen LogP contribution is 2.42. The Hall–Kier alpha value is -3.52. The normalized spacial score (nSPS) is 17.2. The van der Waals surface area contributed by atoms with E-state index in [2.05, 4.69) is 0 Å². The third-order valence-corrected chi connectivity index (χ3v) is 5.48. The van der Waals surface area contributed by atoms with E-state index in [9.17, 15) is 14.7 Å². The number of nitrogens with zero attached hydrogens (tertiary/aromatic N) is 1. The first-order valence-electron chi connectivity index (χ1n) is 11.3. The van der Waals surface area contributed by atoms with Crippen molar-refractivity contribution in [1.82, 2.24) is 4.90 Å². The maximum Gasteiger partial charge on any atom is 0.295 e. The number of rotatable bonds is 11. The highest BCUT2D eigenvalue weighted by molar-refractivity contribution is 6.46. The molecular formula is C26H31NO7. The van der Waals surface area contributed by atoms with Crippen molar-refractivity contribution >= 4 is 17.4 Å². The van der Waals surface area contributed by atoms with Crippen molar-refractivity contribution < 1.29 is 33.6 Å². The van der Waals surface area contributed by atoms with Crippen molar-refractivity contribution in [3.05, 3.63) is 59.2 Å². The van der Waals surface area contributed by atoms with Crippen LogP contribution in [0.4, 0.5) is 0 Å². The molecule has 8 nitrogen and oxygen atoms in total. The zero-order valence-corrected chi connectivity index (χ0v) is 20.0. The number of carbonyl (C=O) groups excluding carboxylic acids is 2. The molecule has 1 aliphatic rings. The molecule has 0 radical (unpaired) electrons. The van der Waals surface area contributed by atoms with Crippen LogP contribution < -0.4 is 14.2 Å². The van der Waals surface area contributed by atoms with Crippen LogP contribution in [0.3, 0.4) is 0 Å². The van der Waals surface area contributed by atoms with Gasteiger partial charge in [0.05, 0.1) is 38.5 Å². The number of ether oxygens (including phenoxy) is 4. The second kappa shape index (κ2) is 11.6. The summed E-state index contributed by atoms with van der Waals surface area (Å²) in [7, 11) is 3.07. The van der Waals surface area contributed by atoms with Crippen LogP contribution in [0, 0.1) is 0 Å². The number of carbonyl (C=O) groups is 2. The Balaban J connectivity index is 2.14. The molecule has 3 rings (SSSR count). The number of aliphatic hydroxyl groups excluding tert-OH is 1. The average molecular weight is 470 g/mol. The standard InChI is InChI=1S/C26H31NO7/c1-5-14-34-20-12-9-18(16-21(20)33-6-2)23-22(25(29)26(30)27(23)13-15-31-3)24(28)17-7-10-19(32-4)11-8-17/h7-12,16,23,28H,5-6,13-15H2,1-4H3. The molecule has 0 saturated carbocycles. The number of ketones is 1. The van der Waals surface area contributed by atoms with Crippen LogP contribution in [-0.4, -0.2) is 62.3 Å². The monoisotopic (exact) mass is 469 g/mol. The van der Waals surface area contributed by atoms with Gasteiger partial charge in [0.25, 0.3) is 11.7 Å². The molecule has 182 valence electrons. The third-order valence-electron chi connectivity index (χ3n) is 5.48. The molecule has 1 unspecified atom stereocenters. The molecule has 1 amide bonds. The fraction of sp³-hybridized carbons (Fsp3) is 0.385. The zero-order valence-electron chi connectivity index (χ0n) is 20.0. The fourth-order valence-corrected chi connectivity index (χ4v) is 3.85. The molecule has 1 aliphatic heterocycles. The summed E-state index contributed by atoms with van der Waals surface area (Å²) in [5, 5.41) is 11.1. The predicted octanol–water partition coefficient (Wildman–Crippen LogP) is 3.95. The lowest BCUT2D eigenvalue weighted by atomic mass is 9.95. The smallest absolute Gasteiger partial charge is 0.295 e. The minimum Gasteiger partial charge on any atom is -0.507 e. The van der Waals surface area contributed by atoms with Crippen molar-refractivity contribution in [1.29, 1.82) is 0 Å². The van der Waals surface area contributed by atoms with Crippen molar-refractivity contribution in [2.45, 2.75) is 26.3 Å². The Morgan fingerprint density at radius 1 is 0.971 bits per heavy atom. The van der Waals surface area contributed by atoms with Crippen LogP contribution in [0.1, 0.15) is 37.4 Å². The molecule has 2 aromatic rings. The van der Waals surface area contributed by atoms with Gasteiger partial charge in [-0.25, -0.2) is 0 Å². The molecule has 0 aromatic heterocycles. The first-order valence-corrected chi connectivity index (χ1v) is 11.3. The molecule has 0 aliphatic carbocycles. The van der Waals surface area contributed by atoms with Crippen molar-refractivity contribution in [3.63, 3.8) is 0 Å². The van der Waals surface area contributed by atoms with E-state index >= 15 is 0 Å². The van der Waals surface area contributed by atoms with Crippen LogP contribution in [-0.2, 0) is 14.3 Å². The van der Waals surface area contributed by atoms with Gasteiger partial charge in [0, 0.05) is 19.2 Å². The number of benzene rings is 2. The van der Waals surface area contributed by atoms with E-state index in [1.807, 2.05) is 13.8 Å². The van der Waals surface area contributed by atoms with Crippen LogP contribution >= 0.6 is 0 Å². The summed E-state index contributed by atoms with van der Waals surface area (Å²) in [6.45, 7) is 5.25. The molecule has 1 N–H and O–H groups in total. The minimum absolute atomic E-state index is 0.0101. The van der Waals surface area contributed by atoms with Gasteiger partial charge < -0.3 is 29.0 Å². The molecule has 1 atom stereocenters. The van der Waals surface area contributed by atoms with E-state index in [0.717, 1.165) is 6.42 Å². The zero-order chi connectivity index (χ0) is 24.7. The first kappa shape index (κ1) is 25.1. The quantitative estimate of drug-likeness (QED) is 0.302. The summed E-state index contributed by atoms with van der Waals surface area (Å²) in [6, 6.07) is 11.1. The van der Waals surface area contributed by atoms with Gasteiger partial charge in [-0.05, 0) is 55.3 Å². The van der Waals surface area contributed by atoms with Gasteiger partial charge in [-0.2, -0.15) is 0 Å². The molecule has 0 bridgehead atoms. The van der Waals surface area contributed by atoms with E-state index in [-0.39, 0.29) is 24.5 Å². The predicted molar refractivity (Wildman–Crippen MR) is 127 cm³/mol. The van der Waals surface area contributed by atoms with E-state index < -0.39 is 17.7 Å². The van der Waals surface area contributed by atoms with Crippen molar-refractivity contribution in [2.24, 2.45) is 0 Å². The van der Waals surface area contributed by atoms with Gasteiger partial charge in [-0.3, -0.25) is 9.59 Å². The molecule has 8 heteroatoms. The molecule has 0 spiro atoms. The fourth-order valence-electron chi connectivity index (χ4n) is 3.85. The van der Waals surface area contributed by atoms with Crippen LogP contribution in [0.15, 0.2) is 48.0 Å². The van der Waals surface area contributed by atoms with Crippen molar-refractivity contribution in [2.75, 3.05) is 40.6 Å². The molecule has 2 aromatic carbocycles.